The number of hydrogen-bond donors (Lipinski definition) is 1. The summed E-state index contributed by atoms with van der Waals surface area (Å²) in [5.41, 5.74) is 7.34. The number of halogens is 1. The third kappa shape index (κ3) is 1.89. The van der Waals surface area contributed by atoms with Gasteiger partial charge >= 0.3 is 0 Å². The van der Waals surface area contributed by atoms with E-state index in [1.165, 1.54) is 11.3 Å². The van der Waals surface area contributed by atoms with Crippen LogP contribution in [0.25, 0.3) is 11.3 Å². The van der Waals surface area contributed by atoms with Crippen molar-refractivity contribution in [2.75, 3.05) is 18.9 Å². The third-order valence-electron chi connectivity index (χ3n) is 2.70. The first-order chi connectivity index (χ1) is 8.65. The quantitative estimate of drug-likeness (QED) is 0.873. The number of nitrogens with zero attached hydrogens (tertiary/aromatic N) is 1. The van der Waals surface area contributed by atoms with Crippen LogP contribution >= 0.6 is 22.9 Å². The number of rotatable bonds is 1. The molecule has 0 aliphatic carbocycles. The molecule has 2 aromatic rings. The van der Waals surface area contributed by atoms with Crippen LogP contribution in [0.2, 0.25) is 5.02 Å². The predicted molar refractivity (Wildman–Crippen MR) is 72.7 cm³/mol. The van der Waals surface area contributed by atoms with Crippen molar-refractivity contribution in [3.8, 4) is 22.8 Å². The fraction of sp³-hybridized carbons (Fsp3) is 0.250. The Morgan fingerprint density at radius 3 is 2.56 bits per heavy atom. The van der Waals surface area contributed by atoms with E-state index in [0.717, 1.165) is 16.1 Å². The summed E-state index contributed by atoms with van der Waals surface area (Å²) in [6.45, 7) is 3.06. The number of thiazole rings is 1. The molecule has 1 aromatic heterocycles. The zero-order chi connectivity index (χ0) is 12.7. The molecule has 1 aliphatic heterocycles. The first-order valence-electron chi connectivity index (χ1n) is 5.47. The van der Waals surface area contributed by atoms with Crippen LogP contribution in [-0.4, -0.2) is 18.2 Å². The predicted octanol–water partition coefficient (Wildman–Crippen LogP) is 3.13. The van der Waals surface area contributed by atoms with Gasteiger partial charge in [-0.3, -0.25) is 0 Å². The van der Waals surface area contributed by atoms with Gasteiger partial charge in [-0.2, -0.15) is 0 Å². The molecule has 94 valence electrons. The number of aryl methyl sites for hydroxylation is 1. The topological polar surface area (TPSA) is 57.4 Å². The zero-order valence-corrected chi connectivity index (χ0v) is 11.3. The van der Waals surface area contributed by atoms with E-state index in [0.29, 0.717) is 34.9 Å². The van der Waals surface area contributed by atoms with Crippen molar-refractivity contribution in [1.29, 1.82) is 0 Å². The first-order valence-corrected chi connectivity index (χ1v) is 6.67. The Bertz CT molecular complexity index is 612. The number of nitrogen functional groups attached to an aromatic ring is 1. The van der Waals surface area contributed by atoms with Crippen LogP contribution in [0.4, 0.5) is 5.13 Å². The molecule has 0 saturated heterocycles. The average Bonchev–Trinajstić information content (AvgIpc) is 2.67. The van der Waals surface area contributed by atoms with Crippen molar-refractivity contribution in [3.63, 3.8) is 0 Å². The number of benzene rings is 1. The highest BCUT2D eigenvalue weighted by Gasteiger charge is 2.18. The van der Waals surface area contributed by atoms with Gasteiger partial charge in [-0.15, -0.1) is 11.3 Å². The van der Waals surface area contributed by atoms with E-state index in [1.54, 1.807) is 6.07 Å². The Balaban J connectivity index is 2.15. The number of nitrogens with two attached hydrogens (primary N) is 1. The highest BCUT2D eigenvalue weighted by atomic mass is 35.5. The van der Waals surface area contributed by atoms with E-state index in [9.17, 15) is 0 Å². The van der Waals surface area contributed by atoms with Crippen molar-refractivity contribution in [1.82, 2.24) is 4.98 Å². The highest BCUT2D eigenvalue weighted by molar-refractivity contribution is 7.15. The molecule has 1 aliphatic rings. The second kappa shape index (κ2) is 4.33. The molecule has 6 heteroatoms. The number of ether oxygens (including phenoxy) is 2. The SMILES string of the molecule is Cc1sc(N)nc1-c1cc2c(cc1Cl)OCCO2. The average molecular weight is 283 g/mol. The molecule has 2 heterocycles. The lowest BCUT2D eigenvalue weighted by atomic mass is 10.1. The van der Waals surface area contributed by atoms with Gasteiger partial charge in [-0.25, -0.2) is 4.98 Å². The minimum atomic E-state index is 0.536. The summed E-state index contributed by atoms with van der Waals surface area (Å²) < 4.78 is 11.0. The van der Waals surface area contributed by atoms with Gasteiger partial charge in [-0.1, -0.05) is 11.6 Å². The molecule has 1 aromatic carbocycles. The Kier molecular flexibility index (Phi) is 2.80. The Morgan fingerprint density at radius 2 is 1.94 bits per heavy atom. The number of fused-ring (bicyclic) bond motifs is 1. The van der Waals surface area contributed by atoms with E-state index in [4.69, 9.17) is 26.8 Å². The number of hydrogen-bond acceptors (Lipinski definition) is 5. The molecule has 2 N–H and O–H groups in total. The van der Waals surface area contributed by atoms with Crippen molar-refractivity contribution in [3.05, 3.63) is 22.0 Å². The largest absolute Gasteiger partial charge is 0.486 e. The summed E-state index contributed by atoms with van der Waals surface area (Å²) >= 11 is 7.71. The van der Waals surface area contributed by atoms with Crippen LogP contribution in [0.15, 0.2) is 12.1 Å². The van der Waals surface area contributed by atoms with Crippen LogP contribution in [0.3, 0.4) is 0 Å². The van der Waals surface area contributed by atoms with Crippen LogP contribution < -0.4 is 15.2 Å². The van der Waals surface area contributed by atoms with E-state index in [-0.39, 0.29) is 0 Å². The monoisotopic (exact) mass is 282 g/mol. The van der Waals surface area contributed by atoms with Gasteiger partial charge in [-0.05, 0) is 13.0 Å². The summed E-state index contributed by atoms with van der Waals surface area (Å²) in [6, 6.07) is 3.62. The van der Waals surface area contributed by atoms with Crippen molar-refractivity contribution >= 4 is 28.1 Å². The van der Waals surface area contributed by atoms with E-state index in [2.05, 4.69) is 4.98 Å². The maximum absolute atomic E-state index is 6.27. The van der Waals surface area contributed by atoms with Crippen molar-refractivity contribution in [2.45, 2.75) is 6.92 Å². The molecule has 0 fully saturated rings. The fourth-order valence-electron chi connectivity index (χ4n) is 1.91. The minimum absolute atomic E-state index is 0.536. The Morgan fingerprint density at radius 1 is 1.28 bits per heavy atom. The maximum atomic E-state index is 6.27. The van der Waals surface area contributed by atoms with Crippen LogP contribution in [0.1, 0.15) is 4.88 Å². The third-order valence-corrected chi connectivity index (χ3v) is 3.81. The minimum Gasteiger partial charge on any atom is -0.486 e. The van der Waals surface area contributed by atoms with Gasteiger partial charge in [0.25, 0.3) is 0 Å². The molecule has 4 nitrogen and oxygen atoms in total. The normalized spacial score (nSPS) is 13.7. The first kappa shape index (κ1) is 11.6. The number of anilines is 1. The fourth-order valence-corrected chi connectivity index (χ4v) is 2.86. The van der Waals surface area contributed by atoms with Crippen LogP contribution in [-0.2, 0) is 0 Å². The molecule has 3 rings (SSSR count). The van der Waals surface area contributed by atoms with E-state index >= 15 is 0 Å². The summed E-state index contributed by atoms with van der Waals surface area (Å²) in [5, 5.41) is 1.13. The molecule has 0 atom stereocenters. The lowest BCUT2D eigenvalue weighted by molar-refractivity contribution is 0.171. The van der Waals surface area contributed by atoms with Gasteiger partial charge in [0, 0.05) is 16.5 Å². The van der Waals surface area contributed by atoms with Gasteiger partial charge in [0.15, 0.2) is 16.6 Å². The molecule has 0 bridgehead atoms. The van der Waals surface area contributed by atoms with E-state index in [1.807, 2.05) is 13.0 Å². The van der Waals surface area contributed by atoms with Gasteiger partial charge in [0.05, 0.1) is 10.7 Å². The molecule has 18 heavy (non-hydrogen) atoms. The van der Waals surface area contributed by atoms with Crippen molar-refractivity contribution < 1.29 is 9.47 Å². The lowest BCUT2D eigenvalue weighted by Crippen LogP contribution is -2.15. The number of aromatic nitrogens is 1. The van der Waals surface area contributed by atoms with Crippen LogP contribution in [0.5, 0.6) is 11.5 Å². The summed E-state index contributed by atoms with van der Waals surface area (Å²) in [5.74, 6) is 1.38. The standard InChI is InChI=1S/C12H11ClN2O2S/c1-6-11(15-12(14)18-6)7-4-9-10(5-8(7)13)17-3-2-16-9/h4-5H,2-3H2,1H3,(H2,14,15). The lowest BCUT2D eigenvalue weighted by Gasteiger charge is -2.19. The highest BCUT2D eigenvalue weighted by Crippen LogP contribution is 2.41. The van der Waals surface area contributed by atoms with Crippen LogP contribution in [0, 0.1) is 6.92 Å². The Labute approximate surface area is 113 Å². The summed E-state index contributed by atoms with van der Waals surface area (Å²) in [6.07, 6.45) is 0. The Hall–Kier alpha value is -1.46. The molecular weight excluding hydrogens is 272 g/mol. The van der Waals surface area contributed by atoms with Crippen molar-refractivity contribution in [2.24, 2.45) is 0 Å². The zero-order valence-electron chi connectivity index (χ0n) is 9.70. The molecule has 0 saturated carbocycles. The van der Waals surface area contributed by atoms with E-state index < -0.39 is 0 Å². The molecule has 0 spiro atoms. The molecule has 0 radical (unpaired) electrons. The maximum Gasteiger partial charge on any atom is 0.180 e. The smallest absolute Gasteiger partial charge is 0.180 e. The molecule has 0 unspecified atom stereocenters. The summed E-state index contributed by atoms with van der Waals surface area (Å²) in [4.78, 5) is 5.34. The van der Waals surface area contributed by atoms with Gasteiger partial charge < -0.3 is 15.2 Å². The summed E-state index contributed by atoms with van der Waals surface area (Å²) in [7, 11) is 0. The second-order valence-corrected chi connectivity index (χ2v) is 5.57. The molecular formula is C12H11ClN2O2S. The second-order valence-electron chi connectivity index (χ2n) is 3.93. The van der Waals surface area contributed by atoms with Gasteiger partial charge in [0.1, 0.15) is 13.2 Å². The van der Waals surface area contributed by atoms with Gasteiger partial charge in [0.2, 0.25) is 0 Å². The molecule has 0 amide bonds.